The number of nitrogens with one attached hydrogen (secondary N) is 1. The van der Waals surface area contributed by atoms with Gasteiger partial charge in [0.05, 0.1) is 17.4 Å². The SMILES string of the molecule is Cc1ccc(CCC(=O)NCCOC(=O)C2CCN(S(=O)(=O)c3ccc(Cl)cc3)CC2)cc1. The summed E-state index contributed by atoms with van der Waals surface area (Å²) in [5.74, 6) is -0.793. The van der Waals surface area contributed by atoms with Gasteiger partial charge in [0, 0.05) is 24.5 Å². The number of sulfonamides is 1. The van der Waals surface area contributed by atoms with E-state index in [4.69, 9.17) is 16.3 Å². The van der Waals surface area contributed by atoms with Gasteiger partial charge in [-0.15, -0.1) is 0 Å². The summed E-state index contributed by atoms with van der Waals surface area (Å²) >= 11 is 5.83. The number of halogens is 1. The van der Waals surface area contributed by atoms with E-state index in [1.807, 2.05) is 31.2 Å². The summed E-state index contributed by atoms with van der Waals surface area (Å²) in [7, 11) is -3.61. The Morgan fingerprint density at radius 2 is 1.70 bits per heavy atom. The molecule has 0 saturated carbocycles. The van der Waals surface area contributed by atoms with E-state index < -0.39 is 10.0 Å². The average molecular weight is 493 g/mol. The van der Waals surface area contributed by atoms with Crippen molar-refractivity contribution < 1.29 is 22.7 Å². The molecule has 1 aliphatic heterocycles. The van der Waals surface area contributed by atoms with Crippen molar-refractivity contribution in [2.45, 2.75) is 37.5 Å². The maximum atomic E-state index is 12.7. The summed E-state index contributed by atoms with van der Waals surface area (Å²) in [5, 5.41) is 3.23. The van der Waals surface area contributed by atoms with E-state index in [0.717, 1.165) is 5.56 Å². The number of esters is 1. The second-order valence-electron chi connectivity index (χ2n) is 8.14. The fraction of sp³-hybridized carbons (Fsp3) is 0.417. The van der Waals surface area contributed by atoms with E-state index in [-0.39, 0.29) is 48.9 Å². The summed E-state index contributed by atoms with van der Waals surface area (Å²) in [5.41, 5.74) is 2.28. The molecule has 1 N–H and O–H groups in total. The molecule has 3 rings (SSSR count). The first kappa shape index (κ1) is 25.2. The molecular weight excluding hydrogens is 464 g/mol. The van der Waals surface area contributed by atoms with Crippen LogP contribution in [0.15, 0.2) is 53.4 Å². The van der Waals surface area contributed by atoms with Crippen molar-refractivity contribution in [1.82, 2.24) is 9.62 Å². The van der Waals surface area contributed by atoms with Crippen LogP contribution in [0.3, 0.4) is 0 Å². The Morgan fingerprint density at radius 3 is 2.33 bits per heavy atom. The number of hydrogen-bond donors (Lipinski definition) is 1. The third-order valence-corrected chi connectivity index (χ3v) is 7.83. The van der Waals surface area contributed by atoms with Gasteiger partial charge in [0.25, 0.3) is 0 Å². The number of nitrogens with zero attached hydrogens (tertiary/aromatic N) is 1. The number of benzene rings is 2. The van der Waals surface area contributed by atoms with Crippen molar-refractivity contribution in [1.29, 1.82) is 0 Å². The van der Waals surface area contributed by atoms with Gasteiger partial charge in [-0.2, -0.15) is 4.31 Å². The van der Waals surface area contributed by atoms with Crippen molar-refractivity contribution in [2.24, 2.45) is 5.92 Å². The van der Waals surface area contributed by atoms with Crippen LogP contribution in [0.4, 0.5) is 0 Å². The number of piperidine rings is 1. The lowest BCUT2D eigenvalue weighted by Crippen LogP contribution is -2.40. The zero-order valence-electron chi connectivity index (χ0n) is 18.6. The Morgan fingerprint density at radius 1 is 1.06 bits per heavy atom. The Hall–Kier alpha value is -2.42. The summed E-state index contributed by atoms with van der Waals surface area (Å²) < 4.78 is 32.1. The molecule has 0 radical (unpaired) electrons. The standard InChI is InChI=1S/C24H29ClN2O5S/c1-18-2-4-19(5-3-18)6-11-23(28)26-14-17-32-24(29)20-12-15-27(16-13-20)33(30,31)22-9-7-21(25)8-10-22/h2-5,7-10,20H,6,11-17H2,1H3,(H,26,28). The zero-order chi connectivity index (χ0) is 23.8. The number of rotatable bonds is 9. The van der Waals surface area contributed by atoms with Crippen LogP contribution >= 0.6 is 11.6 Å². The molecule has 178 valence electrons. The molecule has 33 heavy (non-hydrogen) atoms. The Kier molecular flexibility index (Phi) is 8.88. The van der Waals surface area contributed by atoms with Crippen LogP contribution in [0.5, 0.6) is 0 Å². The first-order valence-electron chi connectivity index (χ1n) is 11.0. The highest BCUT2D eigenvalue weighted by atomic mass is 35.5. The number of amides is 1. The molecule has 2 aromatic carbocycles. The van der Waals surface area contributed by atoms with Crippen LogP contribution in [0.25, 0.3) is 0 Å². The van der Waals surface area contributed by atoms with Gasteiger partial charge in [0.1, 0.15) is 6.61 Å². The molecule has 2 aromatic rings. The lowest BCUT2D eigenvalue weighted by molar-refractivity contribution is -0.150. The molecule has 0 aliphatic carbocycles. The lowest BCUT2D eigenvalue weighted by Gasteiger charge is -2.30. The van der Waals surface area contributed by atoms with Gasteiger partial charge < -0.3 is 10.1 Å². The van der Waals surface area contributed by atoms with Gasteiger partial charge in [-0.3, -0.25) is 9.59 Å². The van der Waals surface area contributed by atoms with Crippen molar-refractivity contribution in [3.8, 4) is 0 Å². The summed E-state index contributed by atoms with van der Waals surface area (Å²) in [6.45, 7) is 2.87. The molecule has 0 spiro atoms. The molecule has 7 nitrogen and oxygen atoms in total. The van der Waals surface area contributed by atoms with E-state index in [1.54, 1.807) is 12.1 Å². The monoisotopic (exact) mass is 492 g/mol. The number of ether oxygens (including phenoxy) is 1. The third kappa shape index (κ3) is 7.28. The van der Waals surface area contributed by atoms with Crippen molar-refractivity contribution in [3.05, 3.63) is 64.7 Å². The molecule has 9 heteroatoms. The summed E-state index contributed by atoms with van der Waals surface area (Å²) in [6, 6.07) is 14.1. The van der Waals surface area contributed by atoms with E-state index in [1.165, 1.54) is 22.0 Å². The first-order chi connectivity index (χ1) is 15.8. The smallest absolute Gasteiger partial charge is 0.309 e. The predicted molar refractivity (Wildman–Crippen MR) is 126 cm³/mol. The number of carbonyl (C=O) groups is 2. The van der Waals surface area contributed by atoms with Crippen LogP contribution in [0, 0.1) is 12.8 Å². The molecule has 0 aromatic heterocycles. The molecule has 1 aliphatic rings. The van der Waals surface area contributed by atoms with Crippen molar-refractivity contribution in [3.63, 3.8) is 0 Å². The predicted octanol–water partition coefficient (Wildman–Crippen LogP) is 3.34. The van der Waals surface area contributed by atoms with Gasteiger partial charge in [-0.1, -0.05) is 41.4 Å². The molecule has 1 saturated heterocycles. The highest BCUT2D eigenvalue weighted by molar-refractivity contribution is 7.89. The zero-order valence-corrected chi connectivity index (χ0v) is 20.2. The minimum atomic E-state index is -3.61. The minimum absolute atomic E-state index is 0.0904. The fourth-order valence-electron chi connectivity index (χ4n) is 3.65. The lowest BCUT2D eigenvalue weighted by atomic mass is 9.98. The van der Waals surface area contributed by atoms with Gasteiger partial charge in [0.15, 0.2) is 0 Å². The van der Waals surface area contributed by atoms with E-state index in [0.29, 0.717) is 30.7 Å². The molecule has 1 fully saturated rings. The second-order valence-corrected chi connectivity index (χ2v) is 10.5. The van der Waals surface area contributed by atoms with Gasteiger partial charge in [-0.25, -0.2) is 8.42 Å². The maximum Gasteiger partial charge on any atom is 0.309 e. The number of carbonyl (C=O) groups excluding carboxylic acids is 2. The van der Waals surface area contributed by atoms with Gasteiger partial charge in [0.2, 0.25) is 15.9 Å². The van der Waals surface area contributed by atoms with E-state index in [9.17, 15) is 18.0 Å². The van der Waals surface area contributed by atoms with Gasteiger partial charge in [-0.05, 0) is 56.0 Å². The Balaban J connectivity index is 1.34. The number of hydrogen-bond acceptors (Lipinski definition) is 5. The highest BCUT2D eigenvalue weighted by Crippen LogP contribution is 2.25. The molecule has 1 heterocycles. The van der Waals surface area contributed by atoms with Crippen LogP contribution < -0.4 is 5.32 Å². The topological polar surface area (TPSA) is 92.8 Å². The largest absolute Gasteiger partial charge is 0.464 e. The third-order valence-electron chi connectivity index (χ3n) is 5.67. The Labute approximate surface area is 200 Å². The van der Waals surface area contributed by atoms with E-state index in [2.05, 4.69) is 5.32 Å². The van der Waals surface area contributed by atoms with Gasteiger partial charge >= 0.3 is 5.97 Å². The quantitative estimate of drug-likeness (QED) is 0.428. The average Bonchev–Trinajstić information content (AvgIpc) is 2.81. The molecule has 1 amide bonds. The fourth-order valence-corrected chi connectivity index (χ4v) is 5.24. The first-order valence-corrected chi connectivity index (χ1v) is 12.8. The van der Waals surface area contributed by atoms with Crippen molar-refractivity contribution in [2.75, 3.05) is 26.2 Å². The highest BCUT2D eigenvalue weighted by Gasteiger charge is 2.32. The molecular formula is C24H29ClN2O5S. The molecule has 0 bridgehead atoms. The van der Waals surface area contributed by atoms with Crippen LogP contribution in [0.2, 0.25) is 5.02 Å². The second kappa shape index (κ2) is 11.6. The van der Waals surface area contributed by atoms with E-state index >= 15 is 0 Å². The Bertz CT molecular complexity index is 1050. The summed E-state index contributed by atoms with van der Waals surface area (Å²) in [4.78, 5) is 24.5. The maximum absolute atomic E-state index is 12.7. The molecule has 0 atom stereocenters. The van der Waals surface area contributed by atoms with Crippen LogP contribution in [-0.2, 0) is 30.8 Å². The van der Waals surface area contributed by atoms with Crippen LogP contribution in [-0.4, -0.2) is 50.8 Å². The number of aryl methyl sites for hydroxylation is 2. The van der Waals surface area contributed by atoms with Crippen molar-refractivity contribution >= 4 is 33.5 Å². The normalized spacial score (nSPS) is 15.2. The summed E-state index contributed by atoms with van der Waals surface area (Å²) in [6.07, 6.45) is 1.82. The van der Waals surface area contributed by atoms with Crippen LogP contribution in [0.1, 0.15) is 30.4 Å². The molecule has 0 unspecified atom stereocenters. The minimum Gasteiger partial charge on any atom is -0.464 e.